The Bertz CT molecular complexity index is 1160. The van der Waals surface area contributed by atoms with Crippen molar-refractivity contribution >= 4 is 25.2 Å². The molecule has 12 heteroatoms. The maximum Gasteiger partial charge on any atom is 0.418 e. The average molecular weight is 486 g/mol. The van der Waals surface area contributed by atoms with Crippen LogP contribution in [0.3, 0.4) is 0 Å². The number of carbonyl (C=O) groups is 1. The van der Waals surface area contributed by atoms with Crippen molar-refractivity contribution in [1.29, 1.82) is 0 Å². The van der Waals surface area contributed by atoms with Gasteiger partial charge >= 0.3 is 12.3 Å². The zero-order valence-electron chi connectivity index (χ0n) is 18.2. The second-order valence-corrected chi connectivity index (χ2v) is 14.1. The summed E-state index contributed by atoms with van der Waals surface area (Å²) in [5.41, 5.74) is 3.89. The number of ether oxygens (including phenoxy) is 3. The third-order valence-corrected chi connectivity index (χ3v) is 6.30. The van der Waals surface area contributed by atoms with Gasteiger partial charge in [0.05, 0.1) is 10.9 Å². The molecule has 7 nitrogen and oxygen atoms in total. The molecule has 0 unspecified atom stereocenters. The summed E-state index contributed by atoms with van der Waals surface area (Å²) in [7, 11) is -1.36. The molecule has 1 aromatic carbocycles. The number of alkyl halides is 3. The Morgan fingerprint density at radius 2 is 1.91 bits per heavy atom. The predicted octanol–water partition coefficient (Wildman–Crippen LogP) is 5.76. The standard InChI is InChI=1S/C21H23F4N3O4Si/c1-33(2,3)9-8-30-12-28-11-14(21(23,24)25)18-17(6-7-27-19(18)28)32-16-5-4-13(10-15(16)22)31-20(26)29/h4-7,10-11H,8-9,12H2,1-3H3,(H2,26,29). The van der Waals surface area contributed by atoms with Crippen LogP contribution in [0.2, 0.25) is 25.7 Å². The number of nitrogens with two attached hydrogens (primary N) is 1. The Labute approximate surface area is 188 Å². The SMILES string of the molecule is C[Si](C)(C)CCOCn1cc(C(F)(F)F)c2c(Oc3ccc(OC(N)=O)cc3F)ccnc21. The summed E-state index contributed by atoms with van der Waals surface area (Å²) in [6.07, 6.45) is -3.68. The first-order valence-corrected chi connectivity index (χ1v) is 13.6. The Hall–Kier alpha value is -3.12. The summed E-state index contributed by atoms with van der Waals surface area (Å²) in [6.45, 7) is 6.79. The molecule has 33 heavy (non-hydrogen) atoms. The third kappa shape index (κ3) is 6.23. The van der Waals surface area contributed by atoms with Crippen LogP contribution in [0.1, 0.15) is 5.56 Å². The third-order valence-electron chi connectivity index (χ3n) is 4.59. The summed E-state index contributed by atoms with van der Waals surface area (Å²) in [4.78, 5) is 14.9. The minimum Gasteiger partial charge on any atom is -0.453 e. The molecule has 0 saturated heterocycles. The molecular weight excluding hydrogens is 462 g/mol. The van der Waals surface area contributed by atoms with E-state index in [-0.39, 0.29) is 35.0 Å². The van der Waals surface area contributed by atoms with Gasteiger partial charge in [0.25, 0.3) is 0 Å². The molecule has 2 heterocycles. The predicted molar refractivity (Wildman–Crippen MR) is 116 cm³/mol. The first kappa shape index (κ1) is 24.5. The molecule has 0 bridgehead atoms. The Balaban J connectivity index is 1.95. The number of hydrogen-bond donors (Lipinski definition) is 1. The lowest BCUT2D eigenvalue weighted by atomic mass is 10.2. The van der Waals surface area contributed by atoms with Crippen LogP contribution in [0, 0.1) is 5.82 Å². The van der Waals surface area contributed by atoms with E-state index in [0.29, 0.717) is 6.61 Å². The maximum atomic E-state index is 14.4. The van der Waals surface area contributed by atoms with Crippen molar-refractivity contribution in [2.45, 2.75) is 38.6 Å². The Morgan fingerprint density at radius 3 is 2.52 bits per heavy atom. The molecule has 0 aliphatic rings. The van der Waals surface area contributed by atoms with E-state index in [4.69, 9.17) is 15.2 Å². The lowest BCUT2D eigenvalue weighted by Crippen LogP contribution is -2.22. The Morgan fingerprint density at radius 1 is 1.18 bits per heavy atom. The smallest absolute Gasteiger partial charge is 0.418 e. The fraction of sp³-hybridized carbons (Fsp3) is 0.333. The van der Waals surface area contributed by atoms with Crippen molar-refractivity contribution in [2.24, 2.45) is 5.73 Å². The van der Waals surface area contributed by atoms with Crippen molar-refractivity contribution in [2.75, 3.05) is 6.61 Å². The zero-order chi connectivity index (χ0) is 24.4. The minimum absolute atomic E-state index is 0.0121. The molecule has 2 aromatic heterocycles. The van der Waals surface area contributed by atoms with Gasteiger partial charge in [-0.3, -0.25) is 0 Å². The van der Waals surface area contributed by atoms with Crippen LogP contribution in [-0.2, 0) is 17.6 Å². The van der Waals surface area contributed by atoms with E-state index in [0.717, 1.165) is 24.4 Å². The average Bonchev–Trinajstić information content (AvgIpc) is 3.06. The second kappa shape index (κ2) is 9.39. The number of amides is 1. The van der Waals surface area contributed by atoms with Gasteiger partial charge in [-0.15, -0.1) is 0 Å². The summed E-state index contributed by atoms with van der Waals surface area (Å²) in [6, 6.07) is 5.21. The topological polar surface area (TPSA) is 88.6 Å². The van der Waals surface area contributed by atoms with E-state index in [9.17, 15) is 22.4 Å². The van der Waals surface area contributed by atoms with Crippen molar-refractivity contribution in [3.8, 4) is 17.2 Å². The molecule has 3 rings (SSSR count). The number of aromatic nitrogens is 2. The zero-order valence-corrected chi connectivity index (χ0v) is 19.2. The number of nitrogens with zero attached hydrogens (tertiary/aromatic N) is 2. The summed E-state index contributed by atoms with van der Waals surface area (Å²) >= 11 is 0. The molecule has 178 valence electrons. The first-order valence-electron chi connectivity index (χ1n) is 9.92. The van der Waals surface area contributed by atoms with E-state index in [1.807, 2.05) is 0 Å². The molecule has 0 atom stereocenters. The van der Waals surface area contributed by atoms with Gasteiger partial charge in [0.15, 0.2) is 11.6 Å². The summed E-state index contributed by atoms with van der Waals surface area (Å²) < 4.78 is 72.6. The molecule has 0 saturated carbocycles. The first-order chi connectivity index (χ1) is 15.3. The molecule has 1 amide bonds. The largest absolute Gasteiger partial charge is 0.453 e. The maximum absolute atomic E-state index is 14.4. The number of rotatable bonds is 8. The molecular formula is C21H23F4N3O4Si. The minimum atomic E-state index is -4.71. The van der Waals surface area contributed by atoms with Crippen LogP contribution in [0.15, 0.2) is 36.7 Å². The van der Waals surface area contributed by atoms with Crippen molar-refractivity contribution in [3.05, 3.63) is 48.0 Å². The highest BCUT2D eigenvalue weighted by molar-refractivity contribution is 6.76. The molecule has 0 radical (unpaired) electrons. The number of fused-ring (bicyclic) bond motifs is 1. The fourth-order valence-electron chi connectivity index (χ4n) is 2.99. The van der Waals surface area contributed by atoms with Crippen LogP contribution in [0.4, 0.5) is 22.4 Å². The van der Waals surface area contributed by atoms with Crippen LogP contribution in [0.5, 0.6) is 17.2 Å². The van der Waals surface area contributed by atoms with Gasteiger partial charge in [0.2, 0.25) is 0 Å². The molecule has 0 spiro atoms. The van der Waals surface area contributed by atoms with Gasteiger partial charge in [-0.25, -0.2) is 14.2 Å². The lowest BCUT2D eigenvalue weighted by molar-refractivity contribution is -0.136. The van der Waals surface area contributed by atoms with E-state index in [1.54, 1.807) is 0 Å². The number of primary amides is 1. The van der Waals surface area contributed by atoms with Crippen LogP contribution in [-0.4, -0.2) is 30.3 Å². The highest BCUT2D eigenvalue weighted by atomic mass is 28.3. The highest BCUT2D eigenvalue weighted by Gasteiger charge is 2.36. The molecule has 0 aliphatic heterocycles. The number of halogens is 4. The fourth-order valence-corrected chi connectivity index (χ4v) is 3.74. The van der Waals surface area contributed by atoms with Crippen LogP contribution < -0.4 is 15.2 Å². The number of hydrogen-bond acceptors (Lipinski definition) is 5. The molecule has 0 fully saturated rings. The van der Waals surface area contributed by atoms with Gasteiger partial charge in [0.1, 0.15) is 23.9 Å². The van der Waals surface area contributed by atoms with Crippen LogP contribution >= 0.6 is 0 Å². The van der Waals surface area contributed by atoms with Crippen LogP contribution in [0.25, 0.3) is 11.0 Å². The summed E-state index contributed by atoms with van der Waals surface area (Å²) in [5.74, 6) is -1.74. The highest BCUT2D eigenvalue weighted by Crippen LogP contribution is 2.41. The lowest BCUT2D eigenvalue weighted by Gasteiger charge is -2.15. The molecule has 0 aliphatic carbocycles. The van der Waals surface area contributed by atoms with Gasteiger partial charge in [0, 0.05) is 33.1 Å². The van der Waals surface area contributed by atoms with E-state index >= 15 is 0 Å². The van der Waals surface area contributed by atoms with E-state index < -0.39 is 31.7 Å². The van der Waals surface area contributed by atoms with E-state index in [1.165, 1.54) is 22.9 Å². The van der Waals surface area contributed by atoms with Gasteiger partial charge < -0.3 is 24.5 Å². The van der Waals surface area contributed by atoms with Gasteiger partial charge in [-0.05, 0) is 24.2 Å². The number of carbonyl (C=O) groups excluding carboxylic acids is 1. The Kier molecular flexibility index (Phi) is 6.98. The van der Waals surface area contributed by atoms with Crippen molar-refractivity contribution in [1.82, 2.24) is 9.55 Å². The second-order valence-electron chi connectivity index (χ2n) is 8.48. The molecule has 2 N–H and O–H groups in total. The quantitative estimate of drug-likeness (QED) is 0.249. The number of benzene rings is 1. The van der Waals surface area contributed by atoms with Gasteiger partial charge in [-0.1, -0.05) is 19.6 Å². The normalized spacial score (nSPS) is 12.2. The molecule has 3 aromatic rings. The monoisotopic (exact) mass is 485 g/mol. The summed E-state index contributed by atoms with van der Waals surface area (Å²) in [5, 5.41) is -0.323. The van der Waals surface area contributed by atoms with Gasteiger partial charge in [-0.2, -0.15) is 13.2 Å². The van der Waals surface area contributed by atoms with E-state index in [2.05, 4.69) is 29.4 Å². The number of pyridine rings is 1. The van der Waals surface area contributed by atoms with Crippen molar-refractivity contribution in [3.63, 3.8) is 0 Å². The van der Waals surface area contributed by atoms with Crippen molar-refractivity contribution < 1.29 is 36.6 Å².